The van der Waals surface area contributed by atoms with Crippen LogP contribution in [0.25, 0.3) is 0 Å². The number of benzene rings is 1. The molecule has 1 aromatic carbocycles. The van der Waals surface area contributed by atoms with Crippen molar-refractivity contribution in [3.8, 4) is 0 Å². The molecule has 18 heavy (non-hydrogen) atoms. The normalized spacial score (nSPS) is 22.0. The summed E-state index contributed by atoms with van der Waals surface area (Å²) in [5, 5.41) is 0. The third-order valence-corrected chi connectivity index (χ3v) is 4.32. The fourth-order valence-corrected chi connectivity index (χ4v) is 3.05. The first-order chi connectivity index (χ1) is 8.74. The van der Waals surface area contributed by atoms with E-state index in [2.05, 4.69) is 9.80 Å². The number of hydrogen-bond acceptors (Lipinski definition) is 2. The maximum Gasteiger partial charge on any atom is 0.146 e. The van der Waals surface area contributed by atoms with Crippen molar-refractivity contribution in [3.63, 3.8) is 0 Å². The summed E-state index contributed by atoms with van der Waals surface area (Å²) in [5.74, 6) is -0.0719. The molecule has 2 aliphatic rings. The van der Waals surface area contributed by atoms with Crippen LogP contribution in [0.15, 0.2) is 18.2 Å². The van der Waals surface area contributed by atoms with Crippen molar-refractivity contribution in [2.45, 2.75) is 32.2 Å². The zero-order chi connectivity index (χ0) is 12.5. The lowest BCUT2D eigenvalue weighted by Crippen LogP contribution is -2.50. The summed E-state index contributed by atoms with van der Waals surface area (Å²) in [6.07, 6.45) is 3.70. The first kappa shape index (κ1) is 12.0. The van der Waals surface area contributed by atoms with E-state index >= 15 is 0 Å². The third-order valence-electron chi connectivity index (χ3n) is 4.32. The molecule has 3 heteroatoms. The molecule has 1 aromatic rings. The summed E-state index contributed by atoms with van der Waals surface area (Å²) in [6.45, 7) is 6.44. The largest absolute Gasteiger partial charge is 0.369 e. The predicted molar refractivity (Wildman–Crippen MR) is 72.6 cm³/mol. The number of anilines is 1. The average molecular weight is 248 g/mol. The van der Waals surface area contributed by atoms with Crippen molar-refractivity contribution >= 4 is 5.69 Å². The molecule has 0 aliphatic carbocycles. The van der Waals surface area contributed by atoms with Crippen molar-refractivity contribution in [2.24, 2.45) is 0 Å². The van der Waals surface area contributed by atoms with E-state index in [4.69, 9.17) is 0 Å². The Bertz CT molecular complexity index is 421. The van der Waals surface area contributed by atoms with Crippen LogP contribution >= 0.6 is 0 Å². The number of piperidine rings is 1. The molecule has 2 nitrogen and oxygen atoms in total. The predicted octanol–water partition coefficient (Wildman–Crippen LogP) is 2.81. The van der Waals surface area contributed by atoms with Gasteiger partial charge in [-0.05, 0) is 57.0 Å². The molecule has 0 saturated carbocycles. The molecule has 0 bridgehead atoms. The maximum absolute atomic E-state index is 13.9. The van der Waals surface area contributed by atoms with Crippen molar-refractivity contribution in [1.29, 1.82) is 0 Å². The van der Waals surface area contributed by atoms with Crippen LogP contribution in [-0.2, 0) is 0 Å². The molecule has 2 aliphatic heterocycles. The van der Waals surface area contributed by atoms with E-state index in [9.17, 15) is 4.39 Å². The molecule has 2 fully saturated rings. The van der Waals surface area contributed by atoms with E-state index in [1.807, 2.05) is 19.1 Å². The Morgan fingerprint density at radius 2 is 1.83 bits per heavy atom. The van der Waals surface area contributed by atoms with Crippen molar-refractivity contribution in [3.05, 3.63) is 29.6 Å². The summed E-state index contributed by atoms with van der Waals surface area (Å²) in [7, 11) is 0. The number of likely N-dealkylation sites (tertiary alicyclic amines) is 1. The minimum atomic E-state index is -0.0719. The van der Waals surface area contributed by atoms with Gasteiger partial charge in [-0.25, -0.2) is 4.39 Å². The summed E-state index contributed by atoms with van der Waals surface area (Å²) in [6, 6.07) is 6.30. The van der Waals surface area contributed by atoms with Crippen LogP contribution in [0.3, 0.4) is 0 Å². The van der Waals surface area contributed by atoms with E-state index in [1.54, 1.807) is 6.07 Å². The van der Waals surface area contributed by atoms with Gasteiger partial charge in [0.2, 0.25) is 0 Å². The van der Waals surface area contributed by atoms with Gasteiger partial charge in [-0.15, -0.1) is 0 Å². The van der Waals surface area contributed by atoms with E-state index < -0.39 is 0 Å². The van der Waals surface area contributed by atoms with Gasteiger partial charge in [0.25, 0.3) is 0 Å². The van der Waals surface area contributed by atoms with E-state index in [0.29, 0.717) is 0 Å². The Balaban J connectivity index is 1.64. The summed E-state index contributed by atoms with van der Waals surface area (Å²) in [4.78, 5) is 4.77. The molecule has 98 valence electrons. The molecule has 3 rings (SSSR count). The number of rotatable bonds is 2. The lowest BCUT2D eigenvalue weighted by Gasteiger charge is -2.43. The minimum Gasteiger partial charge on any atom is -0.369 e. The number of nitrogens with zero attached hydrogens (tertiary/aromatic N) is 2. The van der Waals surface area contributed by atoms with Gasteiger partial charge in [-0.2, -0.15) is 0 Å². The molecule has 2 saturated heterocycles. The summed E-state index contributed by atoms with van der Waals surface area (Å²) >= 11 is 0. The smallest absolute Gasteiger partial charge is 0.146 e. The molecule has 0 N–H and O–H groups in total. The van der Waals surface area contributed by atoms with Gasteiger partial charge in [0.05, 0.1) is 5.69 Å². The van der Waals surface area contributed by atoms with Crippen LogP contribution in [0.2, 0.25) is 0 Å². The molecular weight excluding hydrogens is 227 g/mol. The van der Waals surface area contributed by atoms with E-state index in [0.717, 1.165) is 30.4 Å². The van der Waals surface area contributed by atoms with Crippen LogP contribution in [-0.4, -0.2) is 37.1 Å². The lowest BCUT2D eigenvalue weighted by molar-refractivity contribution is 0.100. The van der Waals surface area contributed by atoms with Gasteiger partial charge in [0, 0.05) is 19.1 Å². The fraction of sp³-hybridized carbons (Fsp3) is 0.600. The molecule has 0 spiro atoms. The molecule has 2 heterocycles. The first-order valence-electron chi connectivity index (χ1n) is 6.99. The highest BCUT2D eigenvalue weighted by molar-refractivity contribution is 5.49. The highest BCUT2D eigenvalue weighted by atomic mass is 19.1. The zero-order valence-corrected chi connectivity index (χ0v) is 11.0. The second-order valence-corrected chi connectivity index (χ2v) is 5.56. The maximum atomic E-state index is 13.9. The Kier molecular flexibility index (Phi) is 3.25. The average Bonchev–Trinajstić information content (AvgIpc) is 2.28. The Hall–Kier alpha value is -1.09. The lowest BCUT2D eigenvalue weighted by atomic mass is 9.99. The quantitative estimate of drug-likeness (QED) is 0.794. The second kappa shape index (κ2) is 4.88. The van der Waals surface area contributed by atoms with E-state index in [-0.39, 0.29) is 5.82 Å². The van der Waals surface area contributed by atoms with Gasteiger partial charge in [0.1, 0.15) is 5.82 Å². The van der Waals surface area contributed by atoms with Crippen molar-refractivity contribution in [1.82, 2.24) is 4.90 Å². The molecule has 0 aromatic heterocycles. The second-order valence-electron chi connectivity index (χ2n) is 5.56. The molecule has 0 radical (unpaired) electrons. The van der Waals surface area contributed by atoms with Gasteiger partial charge in [-0.1, -0.05) is 6.07 Å². The molecule has 0 unspecified atom stereocenters. The number of hydrogen-bond donors (Lipinski definition) is 0. The first-order valence-corrected chi connectivity index (χ1v) is 6.99. The van der Waals surface area contributed by atoms with Gasteiger partial charge < -0.3 is 9.80 Å². The highest BCUT2D eigenvalue weighted by Gasteiger charge is 2.28. The fourth-order valence-electron chi connectivity index (χ4n) is 3.05. The minimum absolute atomic E-state index is 0.0719. The van der Waals surface area contributed by atoms with Crippen LogP contribution in [0.4, 0.5) is 10.1 Å². The molecule has 0 atom stereocenters. The van der Waals surface area contributed by atoms with Crippen LogP contribution < -0.4 is 4.90 Å². The van der Waals surface area contributed by atoms with Crippen LogP contribution in [0, 0.1) is 12.7 Å². The Morgan fingerprint density at radius 3 is 2.39 bits per heavy atom. The van der Waals surface area contributed by atoms with Gasteiger partial charge >= 0.3 is 0 Å². The monoisotopic (exact) mass is 248 g/mol. The molecule has 0 amide bonds. The Morgan fingerprint density at radius 1 is 1.11 bits per heavy atom. The van der Waals surface area contributed by atoms with Crippen molar-refractivity contribution in [2.75, 3.05) is 31.1 Å². The number of halogens is 1. The molecular formula is C15H21FN2. The zero-order valence-electron chi connectivity index (χ0n) is 11.0. The van der Waals surface area contributed by atoms with E-state index in [1.165, 1.54) is 32.4 Å². The SMILES string of the molecule is Cc1ccc(N2CCC(N3CCC3)CC2)c(F)c1. The van der Waals surface area contributed by atoms with Crippen LogP contribution in [0.1, 0.15) is 24.8 Å². The Labute approximate surface area is 108 Å². The third kappa shape index (κ3) is 2.24. The van der Waals surface area contributed by atoms with Gasteiger partial charge in [0.15, 0.2) is 0 Å². The highest BCUT2D eigenvalue weighted by Crippen LogP contribution is 2.27. The van der Waals surface area contributed by atoms with Gasteiger partial charge in [-0.3, -0.25) is 0 Å². The van der Waals surface area contributed by atoms with Crippen LogP contribution in [0.5, 0.6) is 0 Å². The van der Waals surface area contributed by atoms with Crippen molar-refractivity contribution < 1.29 is 4.39 Å². The topological polar surface area (TPSA) is 6.48 Å². The standard InChI is InChI=1S/C15H21FN2/c1-12-3-4-15(14(16)11-12)18-9-5-13(6-10-18)17-7-2-8-17/h3-4,11,13H,2,5-10H2,1H3. The summed E-state index contributed by atoms with van der Waals surface area (Å²) in [5.41, 5.74) is 1.77. The number of aryl methyl sites for hydroxylation is 1. The summed E-state index contributed by atoms with van der Waals surface area (Å²) < 4.78 is 13.9.